The third-order valence-electron chi connectivity index (χ3n) is 2.05. The Morgan fingerprint density at radius 2 is 2.43 bits per heavy atom. The quantitative estimate of drug-likeness (QED) is 0.642. The normalized spacial score (nSPS) is 23.6. The largest absolute Gasteiger partial charge is 0.302 e. The highest BCUT2D eigenvalue weighted by atomic mass is 19.1. The molecule has 0 aromatic carbocycles. The minimum absolute atomic E-state index is 0.245. The highest BCUT2D eigenvalue weighted by Crippen LogP contribution is 2.04. The van der Waals surface area contributed by atoms with E-state index in [1.165, 1.54) is 0 Å². The van der Waals surface area contributed by atoms with Crippen LogP contribution in [0.4, 0.5) is 4.39 Å². The molecule has 2 amide bonds. The lowest BCUT2D eigenvalue weighted by Crippen LogP contribution is -2.50. The van der Waals surface area contributed by atoms with Crippen molar-refractivity contribution in [1.29, 1.82) is 0 Å². The first-order valence-corrected chi connectivity index (χ1v) is 4.46. The fourth-order valence-electron chi connectivity index (χ4n) is 1.21. The molecule has 5 heteroatoms. The molecule has 0 saturated carbocycles. The maximum absolute atomic E-state index is 11.9. The van der Waals surface area contributed by atoms with Crippen LogP contribution in [0.5, 0.6) is 0 Å². The summed E-state index contributed by atoms with van der Waals surface area (Å²) in [5.41, 5.74) is 0.523. The zero-order valence-electron chi connectivity index (χ0n) is 7.97. The summed E-state index contributed by atoms with van der Waals surface area (Å²) in [4.78, 5) is 22.0. The van der Waals surface area contributed by atoms with E-state index in [1.807, 2.05) is 0 Å². The van der Waals surface area contributed by atoms with Gasteiger partial charge >= 0.3 is 0 Å². The molecular weight excluding hydrogens is 187 g/mol. The van der Waals surface area contributed by atoms with Gasteiger partial charge < -0.3 is 5.32 Å². The predicted octanol–water partition coefficient (Wildman–Crippen LogP) is 0.254. The molecule has 2 N–H and O–H groups in total. The van der Waals surface area contributed by atoms with Crippen molar-refractivity contribution in [2.45, 2.75) is 25.8 Å². The van der Waals surface area contributed by atoms with Crippen LogP contribution in [-0.2, 0) is 9.59 Å². The first-order valence-electron chi connectivity index (χ1n) is 4.46. The SMILES string of the molecule is C/C(=C/F)CNC1CCC(=O)NC1=O. The number of halogens is 1. The summed E-state index contributed by atoms with van der Waals surface area (Å²) in [6, 6.07) is -0.386. The van der Waals surface area contributed by atoms with Gasteiger partial charge in [0.25, 0.3) is 0 Å². The number of rotatable bonds is 3. The Hall–Kier alpha value is -1.23. The summed E-state index contributed by atoms with van der Waals surface area (Å²) in [5, 5.41) is 5.09. The Kier molecular flexibility index (Phi) is 3.76. The Morgan fingerprint density at radius 1 is 1.71 bits per heavy atom. The van der Waals surface area contributed by atoms with E-state index < -0.39 is 0 Å². The number of nitrogens with one attached hydrogen (secondary N) is 2. The molecule has 1 unspecified atom stereocenters. The monoisotopic (exact) mass is 200 g/mol. The molecule has 0 aromatic heterocycles. The van der Waals surface area contributed by atoms with Gasteiger partial charge in [0.15, 0.2) is 0 Å². The molecule has 0 aromatic rings. The van der Waals surface area contributed by atoms with E-state index >= 15 is 0 Å². The van der Waals surface area contributed by atoms with Crippen molar-refractivity contribution < 1.29 is 14.0 Å². The molecular formula is C9H13FN2O2. The molecule has 1 heterocycles. The molecule has 1 aliphatic heterocycles. The zero-order chi connectivity index (χ0) is 10.6. The number of amides is 2. The Bertz CT molecular complexity index is 276. The fraction of sp³-hybridized carbons (Fsp3) is 0.556. The van der Waals surface area contributed by atoms with Crippen LogP contribution in [0.3, 0.4) is 0 Å². The standard InChI is InChI=1S/C9H13FN2O2/c1-6(4-10)5-11-7-2-3-8(13)12-9(7)14/h4,7,11H,2-3,5H2,1H3,(H,12,13,14)/b6-4-. The van der Waals surface area contributed by atoms with E-state index in [2.05, 4.69) is 10.6 Å². The average Bonchev–Trinajstić information content (AvgIpc) is 2.16. The smallest absolute Gasteiger partial charge is 0.243 e. The van der Waals surface area contributed by atoms with Gasteiger partial charge in [0.1, 0.15) is 0 Å². The van der Waals surface area contributed by atoms with Crippen LogP contribution in [0.25, 0.3) is 0 Å². The van der Waals surface area contributed by atoms with E-state index in [0.717, 1.165) is 0 Å². The Balaban J connectivity index is 2.38. The van der Waals surface area contributed by atoms with Gasteiger partial charge in [-0.25, -0.2) is 4.39 Å². The van der Waals surface area contributed by atoms with Crippen LogP contribution in [-0.4, -0.2) is 24.4 Å². The lowest BCUT2D eigenvalue weighted by Gasteiger charge is -2.21. The highest BCUT2D eigenvalue weighted by Gasteiger charge is 2.25. The summed E-state index contributed by atoms with van der Waals surface area (Å²) in [7, 11) is 0. The molecule has 4 nitrogen and oxygen atoms in total. The molecule has 1 saturated heterocycles. The molecule has 1 atom stereocenters. The molecule has 1 rings (SSSR count). The molecule has 1 fully saturated rings. The van der Waals surface area contributed by atoms with E-state index in [1.54, 1.807) is 6.92 Å². The maximum Gasteiger partial charge on any atom is 0.243 e. The summed E-state index contributed by atoms with van der Waals surface area (Å²) in [5.74, 6) is -0.571. The van der Waals surface area contributed by atoms with Crippen LogP contribution in [0.2, 0.25) is 0 Å². The first-order chi connectivity index (χ1) is 6.63. The highest BCUT2D eigenvalue weighted by molar-refractivity contribution is 6.00. The lowest BCUT2D eigenvalue weighted by atomic mass is 10.1. The minimum Gasteiger partial charge on any atom is -0.302 e. The van der Waals surface area contributed by atoms with Crippen molar-refractivity contribution in [3.63, 3.8) is 0 Å². The minimum atomic E-state index is -0.386. The van der Waals surface area contributed by atoms with E-state index in [0.29, 0.717) is 31.3 Å². The van der Waals surface area contributed by atoms with E-state index in [9.17, 15) is 14.0 Å². The van der Waals surface area contributed by atoms with Gasteiger partial charge in [0.2, 0.25) is 11.8 Å². The van der Waals surface area contributed by atoms with Crippen LogP contribution in [0.15, 0.2) is 11.9 Å². The van der Waals surface area contributed by atoms with Crippen LogP contribution < -0.4 is 10.6 Å². The Labute approximate surface area is 81.6 Å². The van der Waals surface area contributed by atoms with Crippen molar-refractivity contribution >= 4 is 11.8 Å². The summed E-state index contributed by atoms with van der Waals surface area (Å²) in [6.07, 6.45) is 1.31. The first kappa shape index (κ1) is 10.8. The number of hydrogen-bond donors (Lipinski definition) is 2. The molecule has 0 bridgehead atoms. The molecule has 0 spiro atoms. The van der Waals surface area contributed by atoms with Gasteiger partial charge in [-0.2, -0.15) is 0 Å². The summed E-state index contributed by atoms with van der Waals surface area (Å²) < 4.78 is 11.9. The van der Waals surface area contributed by atoms with E-state index in [4.69, 9.17) is 0 Å². The predicted molar refractivity (Wildman–Crippen MR) is 49.0 cm³/mol. The fourth-order valence-corrected chi connectivity index (χ4v) is 1.21. The molecule has 0 aliphatic carbocycles. The van der Waals surface area contributed by atoms with Crippen LogP contribution in [0, 0.1) is 0 Å². The number of hydrogen-bond acceptors (Lipinski definition) is 3. The van der Waals surface area contributed by atoms with Gasteiger partial charge in [-0.05, 0) is 18.9 Å². The van der Waals surface area contributed by atoms with Gasteiger partial charge in [-0.15, -0.1) is 0 Å². The van der Waals surface area contributed by atoms with Crippen LogP contribution in [0.1, 0.15) is 19.8 Å². The number of imide groups is 1. The molecule has 1 aliphatic rings. The summed E-state index contributed by atoms with van der Waals surface area (Å²) >= 11 is 0. The molecule has 78 valence electrons. The number of piperidine rings is 1. The van der Waals surface area contributed by atoms with Crippen molar-refractivity contribution in [2.75, 3.05) is 6.54 Å². The Morgan fingerprint density at radius 3 is 3.00 bits per heavy atom. The number of carbonyl (C=O) groups excluding carboxylic acids is 2. The zero-order valence-corrected chi connectivity index (χ0v) is 7.97. The second kappa shape index (κ2) is 4.85. The second-order valence-electron chi connectivity index (χ2n) is 3.34. The van der Waals surface area contributed by atoms with Crippen molar-refractivity contribution in [3.8, 4) is 0 Å². The second-order valence-corrected chi connectivity index (χ2v) is 3.34. The molecule has 14 heavy (non-hydrogen) atoms. The summed E-state index contributed by atoms with van der Waals surface area (Å²) in [6.45, 7) is 1.95. The van der Waals surface area contributed by atoms with Crippen molar-refractivity contribution in [3.05, 3.63) is 11.9 Å². The van der Waals surface area contributed by atoms with Gasteiger partial charge in [0, 0.05) is 13.0 Å². The van der Waals surface area contributed by atoms with Crippen molar-refractivity contribution in [1.82, 2.24) is 10.6 Å². The van der Waals surface area contributed by atoms with Gasteiger partial charge in [0.05, 0.1) is 12.4 Å². The van der Waals surface area contributed by atoms with E-state index in [-0.39, 0.29) is 17.9 Å². The van der Waals surface area contributed by atoms with Crippen molar-refractivity contribution in [2.24, 2.45) is 0 Å². The van der Waals surface area contributed by atoms with Crippen LogP contribution >= 0.6 is 0 Å². The number of carbonyl (C=O) groups is 2. The van der Waals surface area contributed by atoms with Gasteiger partial charge in [-0.1, -0.05) is 0 Å². The topological polar surface area (TPSA) is 58.2 Å². The van der Waals surface area contributed by atoms with Gasteiger partial charge in [-0.3, -0.25) is 14.9 Å². The average molecular weight is 200 g/mol. The molecule has 0 radical (unpaired) electrons. The maximum atomic E-state index is 11.9. The third kappa shape index (κ3) is 2.92. The lowest BCUT2D eigenvalue weighted by molar-refractivity contribution is -0.134. The third-order valence-corrected chi connectivity index (χ3v) is 2.05.